The average Bonchev–Trinajstić information content (AvgIpc) is 3.14. The van der Waals surface area contributed by atoms with Crippen molar-refractivity contribution in [3.63, 3.8) is 0 Å². The molecule has 5 nitrogen and oxygen atoms in total. The lowest BCUT2D eigenvalue weighted by atomic mass is 10.1. The van der Waals surface area contributed by atoms with Crippen LogP contribution in [-0.2, 0) is 9.59 Å². The van der Waals surface area contributed by atoms with Crippen molar-refractivity contribution in [3.8, 4) is 5.75 Å². The zero-order valence-corrected chi connectivity index (χ0v) is 19.5. The van der Waals surface area contributed by atoms with Crippen LogP contribution >= 0.6 is 35.0 Å². The molecule has 0 saturated carbocycles. The maximum absolute atomic E-state index is 12.7. The Balaban J connectivity index is 1.54. The van der Waals surface area contributed by atoms with E-state index >= 15 is 0 Å². The van der Waals surface area contributed by atoms with E-state index in [1.165, 1.54) is 11.8 Å². The summed E-state index contributed by atoms with van der Waals surface area (Å²) >= 11 is 13.7. The molecule has 0 aromatic heterocycles. The molecule has 1 heterocycles. The van der Waals surface area contributed by atoms with E-state index in [4.69, 9.17) is 27.9 Å². The molecule has 0 spiro atoms. The summed E-state index contributed by atoms with van der Waals surface area (Å²) in [5.74, 6) is 0.527. The Morgan fingerprint density at radius 2 is 1.84 bits per heavy atom. The number of hydrogen-bond donors (Lipinski definition) is 1. The van der Waals surface area contributed by atoms with Gasteiger partial charge in [-0.1, -0.05) is 35.3 Å². The van der Waals surface area contributed by atoms with Gasteiger partial charge in [-0.15, -0.1) is 11.8 Å². The van der Waals surface area contributed by atoms with Crippen LogP contribution < -0.4 is 15.0 Å². The van der Waals surface area contributed by atoms with Crippen molar-refractivity contribution >= 4 is 58.2 Å². The molecule has 1 N–H and O–H groups in total. The zero-order valence-electron chi connectivity index (χ0n) is 17.2. The number of benzene rings is 3. The molecular weight excluding hydrogens is 467 g/mol. The van der Waals surface area contributed by atoms with Gasteiger partial charge in [-0.05, 0) is 67.1 Å². The van der Waals surface area contributed by atoms with Crippen molar-refractivity contribution in [2.45, 2.75) is 12.3 Å². The van der Waals surface area contributed by atoms with E-state index < -0.39 is 0 Å². The number of anilines is 2. The molecule has 0 aliphatic carbocycles. The van der Waals surface area contributed by atoms with Gasteiger partial charge in [-0.2, -0.15) is 0 Å². The van der Waals surface area contributed by atoms with Gasteiger partial charge in [0.25, 0.3) is 5.91 Å². The van der Waals surface area contributed by atoms with Crippen molar-refractivity contribution in [1.29, 1.82) is 0 Å². The van der Waals surface area contributed by atoms with E-state index in [0.717, 1.165) is 16.8 Å². The van der Waals surface area contributed by atoms with Crippen molar-refractivity contribution in [1.82, 2.24) is 0 Å². The Morgan fingerprint density at radius 3 is 2.59 bits per heavy atom. The molecule has 1 atom stereocenters. The molecule has 0 unspecified atom stereocenters. The van der Waals surface area contributed by atoms with Gasteiger partial charge in [0, 0.05) is 27.0 Å². The predicted molar refractivity (Wildman–Crippen MR) is 131 cm³/mol. The largest absolute Gasteiger partial charge is 0.483 e. The fourth-order valence-corrected chi connectivity index (χ4v) is 4.94. The molecule has 3 aromatic rings. The minimum Gasteiger partial charge on any atom is -0.483 e. The average molecular weight is 487 g/mol. The minimum atomic E-state index is -0.336. The summed E-state index contributed by atoms with van der Waals surface area (Å²) in [4.78, 5) is 26.8. The molecule has 8 heteroatoms. The van der Waals surface area contributed by atoms with Gasteiger partial charge in [0.2, 0.25) is 5.91 Å². The lowest BCUT2D eigenvalue weighted by Gasteiger charge is -2.26. The van der Waals surface area contributed by atoms with Crippen LogP contribution in [-0.4, -0.2) is 24.2 Å². The van der Waals surface area contributed by atoms with E-state index in [9.17, 15) is 9.59 Å². The molecular formula is C24H20Cl2N2O3S. The van der Waals surface area contributed by atoms with Gasteiger partial charge in [0.1, 0.15) is 11.1 Å². The summed E-state index contributed by atoms with van der Waals surface area (Å²) in [6.07, 6.45) is 0. The Kier molecular flexibility index (Phi) is 6.94. The fourth-order valence-electron chi connectivity index (χ4n) is 3.44. The lowest BCUT2D eigenvalue weighted by Crippen LogP contribution is -2.28. The summed E-state index contributed by atoms with van der Waals surface area (Å²) < 4.78 is 5.86. The van der Waals surface area contributed by atoms with Crippen molar-refractivity contribution in [2.75, 3.05) is 22.6 Å². The second-order valence-electron chi connectivity index (χ2n) is 7.29. The monoisotopic (exact) mass is 486 g/mol. The second kappa shape index (κ2) is 9.86. The molecule has 1 aliphatic rings. The zero-order chi connectivity index (χ0) is 22.7. The van der Waals surface area contributed by atoms with Gasteiger partial charge in [-0.3, -0.25) is 14.5 Å². The molecule has 0 bridgehead atoms. The smallest absolute Gasteiger partial charge is 0.262 e. The normalized spacial score (nSPS) is 15.7. The fraction of sp³-hybridized carbons (Fsp3) is 0.167. The van der Waals surface area contributed by atoms with Crippen molar-refractivity contribution in [3.05, 3.63) is 87.9 Å². The Hall–Kier alpha value is -2.67. The summed E-state index contributed by atoms with van der Waals surface area (Å²) in [7, 11) is 0. The molecule has 4 rings (SSSR count). The van der Waals surface area contributed by atoms with Crippen LogP contribution in [0.4, 0.5) is 11.4 Å². The first-order valence-electron chi connectivity index (χ1n) is 9.89. The summed E-state index contributed by atoms with van der Waals surface area (Å²) in [5, 5.41) is 3.61. The number of nitrogens with zero attached hydrogens (tertiary/aromatic N) is 1. The molecule has 1 saturated heterocycles. The SMILES string of the molecule is Cc1cccc(NC(=O)COc2ccc(Cl)cc2[C@H]2SCC(=O)N2c2ccc(Cl)cc2)c1. The molecule has 1 aliphatic heterocycles. The van der Waals surface area contributed by atoms with E-state index in [0.29, 0.717) is 27.2 Å². The summed E-state index contributed by atoms with van der Waals surface area (Å²) in [5.41, 5.74) is 3.22. The van der Waals surface area contributed by atoms with Crippen LogP contribution in [0, 0.1) is 6.92 Å². The first kappa shape index (κ1) is 22.5. The second-order valence-corrected chi connectivity index (χ2v) is 9.23. The van der Waals surface area contributed by atoms with Gasteiger partial charge in [-0.25, -0.2) is 0 Å². The number of hydrogen-bond acceptors (Lipinski definition) is 4. The van der Waals surface area contributed by atoms with Gasteiger partial charge in [0.15, 0.2) is 6.61 Å². The van der Waals surface area contributed by atoms with Gasteiger partial charge in [0.05, 0.1) is 5.75 Å². The van der Waals surface area contributed by atoms with Crippen LogP contribution in [0.15, 0.2) is 66.7 Å². The van der Waals surface area contributed by atoms with E-state index in [1.54, 1.807) is 47.4 Å². The van der Waals surface area contributed by atoms with E-state index in [-0.39, 0.29) is 23.8 Å². The molecule has 164 valence electrons. The maximum atomic E-state index is 12.7. The highest BCUT2D eigenvalue weighted by atomic mass is 35.5. The van der Waals surface area contributed by atoms with Crippen LogP contribution in [0.2, 0.25) is 10.0 Å². The third-order valence-electron chi connectivity index (χ3n) is 4.87. The van der Waals surface area contributed by atoms with Crippen LogP contribution in [0.5, 0.6) is 5.75 Å². The molecule has 1 fully saturated rings. The number of carbonyl (C=O) groups is 2. The van der Waals surface area contributed by atoms with Crippen LogP contribution in [0.25, 0.3) is 0 Å². The summed E-state index contributed by atoms with van der Waals surface area (Å²) in [6.45, 7) is 1.79. The molecule has 32 heavy (non-hydrogen) atoms. The van der Waals surface area contributed by atoms with Gasteiger partial charge >= 0.3 is 0 Å². The number of amides is 2. The predicted octanol–water partition coefficient (Wildman–Crippen LogP) is 6.10. The highest BCUT2D eigenvalue weighted by molar-refractivity contribution is 8.00. The standard InChI is InChI=1S/C24H20Cl2N2O3S/c1-15-3-2-4-18(11-15)27-22(29)13-31-21-10-7-17(26)12-20(21)24-28(23(30)14-32-24)19-8-5-16(25)6-9-19/h2-12,24H,13-14H2,1H3,(H,27,29)/t24-/m1/s1. The van der Waals surface area contributed by atoms with Gasteiger partial charge < -0.3 is 10.1 Å². The van der Waals surface area contributed by atoms with Crippen LogP contribution in [0.1, 0.15) is 16.5 Å². The Bertz CT molecular complexity index is 1150. The third-order valence-corrected chi connectivity index (χ3v) is 6.55. The number of halogens is 2. The number of ether oxygens (including phenoxy) is 1. The minimum absolute atomic E-state index is 0.0227. The van der Waals surface area contributed by atoms with Crippen molar-refractivity contribution < 1.29 is 14.3 Å². The number of rotatable bonds is 6. The van der Waals surface area contributed by atoms with E-state index in [1.807, 2.05) is 31.2 Å². The molecule has 2 amide bonds. The first-order chi connectivity index (χ1) is 15.4. The Morgan fingerprint density at radius 1 is 1.09 bits per heavy atom. The van der Waals surface area contributed by atoms with Crippen molar-refractivity contribution in [2.24, 2.45) is 0 Å². The number of aryl methyl sites for hydroxylation is 1. The highest BCUT2D eigenvalue weighted by Gasteiger charge is 2.36. The Labute approximate surface area is 200 Å². The third kappa shape index (κ3) is 5.21. The quantitative estimate of drug-likeness (QED) is 0.457. The maximum Gasteiger partial charge on any atom is 0.262 e. The summed E-state index contributed by atoms with van der Waals surface area (Å²) in [6, 6.07) is 19.8. The number of carbonyl (C=O) groups excluding carboxylic acids is 2. The topological polar surface area (TPSA) is 58.6 Å². The first-order valence-corrected chi connectivity index (χ1v) is 11.7. The van der Waals surface area contributed by atoms with E-state index in [2.05, 4.69) is 5.32 Å². The molecule has 3 aromatic carbocycles. The lowest BCUT2D eigenvalue weighted by molar-refractivity contribution is -0.118. The highest BCUT2D eigenvalue weighted by Crippen LogP contribution is 2.45. The van der Waals surface area contributed by atoms with Crippen LogP contribution in [0.3, 0.4) is 0 Å². The molecule has 0 radical (unpaired) electrons. The number of thioether (sulfide) groups is 1. The number of nitrogens with one attached hydrogen (secondary N) is 1.